The number of hydrogen-bond donors (Lipinski definition) is 1. The fourth-order valence-corrected chi connectivity index (χ4v) is 2.03. The van der Waals surface area contributed by atoms with Crippen molar-refractivity contribution in [3.8, 4) is 0 Å². The number of benzene rings is 1. The Bertz CT molecular complexity index is 604. The molecule has 0 spiro atoms. The maximum atomic E-state index is 13.0. The minimum absolute atomic E-state index is 0.282. The average Bonchev–Trinajstić information content (AvgIpc) is 2.34. The second-order valence-electron chi connectivity index (χ2n) is 3.43. The molecule has 1 N–H and O–H groups in total. The highest BCUT2D eigenvalue weighted by Gasteiger charge is 2.09. The van der Waals surface area contributed by atoms with E-state index in [1.165, 1.54) is 18.2 Å². The van der Waals surface area contributed by atoms with Gasteiger partial charge in [-0.05, 0) is 62.2 Å². The topological polar surface area (TPSA) is 42.0 Å². The fourth-order valence-electron chi connectivity index (χ4n) is 1.30. The van der Waals surface area contributed by atoms with E-state index in [9.17, 15) is 9.18 Å². The maximum Gasteiger partial charge on any atom is 0.274 e. The number of carbonyl (C=O) groups is 1. The SMILES string of the molecule is O=C(Nc1ccc(F)c(Br)c1)c1cccc(Br)n1. The van der Waals surface area contributed by atoms with Gasteiger partial charge in [-0.1, -0.05) is 6.07 Å². The van der Waals surface area contributed by atoms with Crippen LogP contribution in [-0.4, -0.2) is 10.9 Å². The Morgan fingerprint density at radius 1 is 1.22 bits per heavy atom. The number of hydrogen-bond acceptors (Lipinski definition) is 2. The highest BCUT2D eigenvalue weighted by Crippen LogP contribution is 2.20. The van der Waals surface area contributed by atoms with Crippen LogP contribution in [0.2, 0.25) is 0 Å². The lowest BCUT2D eigenvalue weighted by atomic mass is 10.3. The molecule has 2 rings (SSSR count). The number of halogens is 3. The zero-order chi connectivity index (χ0) is 13.1. The first-order chi connectivity index (χ1) is 8.56. The molecule has 1 aromatic carbocycles. The van der Waals surface area contributed by atoms with Crippen molar-refractivity contribution in [1.29, 1.82) is 0 Å². The maximum absolute atomic E-state index is 13.0. The molecule has 0 saturated heterocycles. The number of aromatic nitrogens is 1. The largest absolute Gasteiger partial charge is 0.321 e. The number of anilines is 1. The van der Waals surface area contributed by atoms with Crippen LogP contribution < -0.4 is 5.32 Å². The summed E-state index contributed by atoms with van der Waals surface area (Å²) in [5.41, 5.74) is 0.778. The van der Waals surface area contributed by atoms with Gasteiger partial charge in [-0.2, -0.15) is 0 Å². The zero-order valence-electron chi connectivity index (χ0n) is 8.95. The standard InChI is InChI=1S/C12H7Br2FN2O/c13-8-6-7(4-5-9(8)15)16-12(18)10-2-1-3-11(14)17-10/h1-6H,(H,16,18). The molecule has 0 aliphatic carbocycles. The number of amides is 1. The molecule has 3 nitrogen and oxygen atoms in total. The van der Waals surface area contributed by atoms with Crippen LogP contribution in [0.15, 0.2) is 45.5 Å². The van der Waals surface area contributed by atoms with Crippen LogP contribution in [0.4, 0.5) is 10.1 Å². The third-order valence-electron chi connectivity index (χ3n) is 2.13. The third kappa shape index (κ3) is 3.14. The number of rotatable bonds is 2. The molecular formula is C12H7Br2FN2O. The second-order valence-corrected chi connectivity index (χ2v) is 5.10. The van der Waals surface area contributed by atoms with E-state index in [2.05, 4.69) is 42.2 Å². The molecule has 1 amide bonds. The van der Waals surface area contributed by atoms with Gasteiger partial charge in [0.1, 0.15) is 16.1 Å². The van der Waals surface area contributed by atoms with E-state index < -0.39 is 0 Å². The van der Waals surface area contributed by atoms with Crippen molar-refractivity contribution in [3.05, 3.63) is 57.0 Å². The Balaban J connectivity index is 2.18. The van der Waals surface area contributed by atoms with Crippen molar-refractivity contribution in [2.45, 2.75) is 0 Å². The summed E-state index contributed by atoms with van der Waals surface area (Å²) in [5, 5.41) is 2.63. The average molecular weight is 374 g/mol. The van der Waals surface area contributed by atoms with Crippen LogP contribution in [0.25, 0.3) is 0 Å². The summed E-state index contributed by atoms with van der Waals surface area (Å²) >= 11 is 6.24. The van der Waals surface area contributed by atoms with E-state index in [0.717, 1.165) is 0 Å². The fraction of sp³-hybridized carbons (Fsp3) is 0. The van der Waals surface area contributed by atoms with Crippen molar-refractivity contribution in [2.24, 2.45) is 0 Å². The van der Waals surface area contributed by atoms with E-state index >= 15 is 0 Å². The summed E-state index contributed by atoms with van der Waals surface area (Å²) in [6, 6.07) is 9.28. The quantitative estimate of drug-likeness (QED) is 0.808. The van der Waals surface area contributed by atoms with Gasteiger partial charge in [0.25, 0.3) is 5.91 Å². The lowest BCUT2D eigenvalue weighted by molar-refractivity contribution is 0.102. The molecule has 2 aromatic rings. The molecule has 0 radical (unpaired) electrons. The van der Waals surface area contributed by atoms with Gasteiger partial charge >= 0.3 is 0 Å². The highest BCUT2D eigenvalue weighted by atomic mass is 79.9. The Morgan fingerprint density at radius 2 is 2.00 bits per heavy atom. The van der Waals surface area contributed by atoms with Gasteiger partial charge < -0.3 is 5.32 Å². The lowest BCUT2D eigenvalue weighted by Crippen LogP contribution is -2.13. The second kappa shape index (κ2) is 5.58. The Morgan fingerprint density at radius 3 is 2.67 bits per heavy atom. The first-order valence-electron chi connectivity index (χ1n) is 4.95. The van der Waals surface area contributed by atoms with Crippen molar-refractivity contribution in [3.63, 3.8) is 0 Å². The minimum atomic E-state index is -0.381. The van der Waals surface area contributed by atoms with Gasteiger partial charge in [0.15, 0.2) is 0 Å². The minimum Gasteiger partial charge on any atom is -0.321 e. The van der Waals surface area contributed by atoms with Gasteiger partial charge in [0.2, 0.25) is 0 Å². The first-order valence-corrected chi connectivity index (χ1v) is 6.54. The van der Waals surface area contributed by atoms with E-state index in [-0.39, 0.29) is 17.4 Å². The Labute approximate surface area is 120 Å². The van der Waals surface area contributed by atoms with Gasteiger partial charge in [0, 0.05) is 5.69 Å². The zero-order valence-corrected chi connectivity index (χ0v) is 12.1. The number of nitrogens with zero attached hydrogens (tertiary/aromatic N) is 1. The molecule has 0 saturated carbocycles. The molecule has 0 atom stereocenters. The third-order valence-corrected chi connectivity index (χ3v) is 3.17. The molecule has 0 bridgehead atoms. The molecule has 18 heavy (non-hydrogen) atoms. The molecule has 6 heteroatoms. The highest BCUT2D eigenvalue weighted by molar-refractivity contribution is 9.10. The Hall–Kier alpha value is -1.27. The predicted molar refractivity (Wildman–Crippen MR) is 74.0 cm³/mol. The molecular weight excluding hydrogens is 367 g/mol. The summed E-state index contributed by atoms with van der Waals surface area (Å²) < 4.78 is 13.9. The summed E-state index contributed by atoms with van der Waals surface area (Å²) in [4.78, 5) is 15.9. The Kier molecular flexibility index (Phi) is 4.08. The summed E-state index contributed by atoms with van der Waals surface area (Å²) in [6.07, 6.45) is 0. The molecule has 1 aromatic heterocycles. The van der Waals surface area contributed by atoms with Crippen LogP contribution in [0.3, 0.4) is 0 Å². The number of pyridine rings is 1. The van der Waals surface area contributed by atoms with Crippen LogP contribution in [-0.2, 0) is 0 Å². The molecule has 0 unspecified atom stereocenters. The van der Waals surface area contributed by atoms with Gasteiger partial charge in [-0.3, -0.25) is 4.79 Å². The molecule has 1 heterocycles. The predicted octanol–water partition coefficient (Wildman–Crippen LogP) is 4.00. The first kappa shape index (κ1) is 13.2. The molecule has 0 fully saturated rings. The van der Waals surface area contributed by atoms with Crippen LogP contribution in [0.1, 0.15) is 10.5 Å². The lowest BCUT2D eigenvalue weighted by Gasteiger charge is -2.05. The summed E-state index contributed by atoms with van der Waals surface area (Å²) in [7, 11) is 0. The van der Waals surface area contributed by atoms with E-state index in [4.69, 9.17) is 0 Å². The van der Waals surface area contributed by atoms with Crippen molar-refractivity contribution >= 4 is 43.5 Å². The van der Waals surface area contributed by atoms with E-state index in [1.807, 2.05) is 0 Å². The van der Waals surface area contributed by atoms with Crippen LogP contribution in [0, 0.1) is 5.82 Å². The number of carbonyl (C=O) groups excluding carboxylic acids is 1. The molecule has 0 aliphatic heterocycles. The van der Waals surface area contributed by atoms with Crippen LogP contribution in [0.5, 0.6) is 0 Å². The normalized spacial score (nSPS) is 10.2. The van der Waals surface area contributed by atoms with Crippen molar-refractivity contribution in [1.82, 2.24) is 4.98 Å². The van der Waals surface area contributed by atoms with Crippen molar-refractivity contribution < 1.29 is 9.18 Å². The van der Waals surface area contributed by atoms with Gasteiger partial charge in [-0.25, -0.2) is 9.37 Å². The summed E-state index contributed by atoms with van der Waals surface area (Å²) in [6.45, 7) is 0. The number of nitrogens with one attached hydrogen (secondary N) is 1. The summed E-state index contributed by atoms with van der Waals surface area (Å²) in [5.74, 6) is -0.733. The van der Waals surface area contributed by atoms with Crippen LogP contribution >= 0.6 is 31.9 Å². The van der Waals surface area contributed by atoms with E-state index in [1.54, 1.807) is 18.2 Å². The molecule has 92 valence electrons. The van der Waals surface area contributed by atoms with Gasteiger partial charge in [0.05, 0.1) is 4.47 Å². The van der Waals surface area contributed by atoms with E-state index in [0.29, 0.717) is 14.8 Å². The monoisotopic (exact) mass is 372 g/mol. The van der Waals surface area contributed by atoms with Gasteiger partial charge in [-0.15, -0.1) is 0 Å². The van der Waals surface area contributed by atoms with Crippen molar-refractivity contribution in [2.75, 3.05) is 5.32 Å². The molecule has 0 aliphatic rings. The smallest absolute Gasteiger partial charge is 0.274 e.